The van der Waals surface area contributed by atoms with Crippen molar-refractivity contribution in [3.05, 3.63) is 0 Å². The highest BCUT2D eigenvalue weighted by molar-refractivity contribution is 6.18. The molecule has 0 bridgehead atoms. The quantitative estimate of drug-likeness (QED) is 0.563. The van der Waals surface area contributed by atoms with Crippen LogP contribution in [0, 0.1) is 5.92 Å². The Morgan fingerprint density at radius 1 is 1.05 bits per heavy atom. The maximum Gasteiger partial charge on any atom is 0.409 e. The van der Waals surface area contributed by atoms with Gasteiger partial charge in [-0.2, -0.15) is 26.3 Å². The van der Waals surface area contributed by atoms with Crippen molar-refractivity contribution in [3.63, 3.8) is 0 Å². The Bertz CT molecular complexity index is 288. The number of carbonyl (C=O) groups excluding carboxylic acids is 1. The van der Waals surface area contributed by atoms with Crippen molar-refractivity contribution in [3.8, 4) is 0 Å². The molecule has 2 nitrogen and oxygen atoms in total. The molecular formula is C8H8ClF8NO. The molecule has 0 aromatic carbocycles. The Hall–Kier alpha value is -0.800. The van der Waals surface area contributed by atoms with Crippen LogP contribution in [0.2, 0.25) is 0 Å². The number of nitrogens with zero attached hydrogens (tertiary/aromatic N) is 1. The van der Waals surface area contributed by atoms with Gasteiger partial charge in [0, 0.05) is 12.4 Å². The third-order valence-corrected chi connectivity index (χ3v) is 2.10. The van der Waals surface area contributed by atoms with E-state index in [0.717, 1.165) is 0 Å². The van der Waals surface area contributed by atoms with Crippen LogP contribution in [0.4, 0.5) is 35.1 Å². The molecule has 0 aliphatic rings. The number of hydrogen-bond donors (Lipinski definition) is 0. The van der Waals surface area contributed by atoms with Crippen LogP contribution in [0.3, 0.4) is 0 Å². The first-order chi connectivity index (χ1) is 8.41. The lowest BCUT2D eigenvalue weighted by molar-refractivity contribution is -0.277. The molecule has 0 aliphatic heterocycles. The Labute approximate surface area is 107 Å². The Morgan fingerprint density at radius 3 is 1.74 bits per heavy atom. The van der Waals surface area contributed by atoms with E-state index in [1.165, 1.54) is 0 Å². The average Bonchev–Trinajstić information content (AvgIpc) is 2.11. The van der Waals surface area contributed by atoms with Crippen LogP contribution in [0.5, 0.6) is 0 Å². The van der Waals surface area contributed by atoms with E-state index in [2.05, 4.69) is 0 Å². The van der Waals surface area contributed by atoms with Crippen LogP contribution in [-0.4, -0.2) is 48.6 Å². The first-order valence-corrected chi connectivity index (χ1v) is 5.21. The average molecular weight is 322 g/mol. The lowest BCUT2D eigenvalue weighted by atomic mass is 10.1. The Morgan fingerprint density at radius 2 is 1.47 bits per heavy atom. The third kappa shape index (κ3) is 5.79. The Balaban J connectivity index is 5.25. The summed E-state index contributed by atoms with van der Waals surface area (Å²) in [6, 6.07) is 0. The van der Waals surface area contributed by atoms with Crippen LogP contribution in [0.1, 0.15) is 0 Å². The fourth-order valence-corrected chi connectivity index (χ4v) is 1.41. The van der Waals surface area contributed by atoms with E-state index in [1.54, 1.807) is 0 Å². The minimum Gasteiger partial charge on any atom is -0.335 e. The lowest BCUT2D eigenvalue weighted by Crippen LogP contribution is -2.51. The van der Waals surface area contributed by atoms with Crippen molar-refractivity contribution in [2.45, 2.75) is 18.8 Å². The first-order valence-electron chi connectivity index (χ1n) is 4.67. The summed E-state index contributed by atoms with van der Waals surface area (Å²) in [4.78, 5) is 10.9. The van der Waals surface area contributed by atoms with Gasteiger partial charge in [-0.25, -0.2) is 8.78 Å². The molecule has 0 aromatic heterocycles. The predicted molar refractivity (Wildman–Crippen MR) is 48.9 cm³/mol. The first kappa shape index (κ1) is 18.2. The number of alkyl halides is 9. The van der Waals surface area contributed by atoms with Crippen molar-refractivity contribution in [1.29, 1.82) is 0 Å². The van der Waals surface area contributed by atoms with Crippen molar-refractivity contribution in [2.75, 3.05) is 19.0 Å². The molecule has 0 fully saturated rings. The van der Waals surface area contributed by atoms with Crippen molar-refractivity contribution in [2.24, 2.45) is 5.92 Å². The molecule has 114 valence electrons. The van der Waals surface area contributed by atoms with Crippen LogP contribution < -0.4 is 0 Å². The van der Waals surface area contributed by atoms with Gasteiger partial charge in [0.2, 0.25) is 11.8 Å². The van der Waals surface area contributed by atoms with Crippen LogP contribution >= 0.6 is 11.6 Å². The number of carbonyl (C=O) groups is 1. The minimum atomic E-state index is -5.91. The summed E-state index contributed by atoms with van der Waals surface area (Å²) in [5.41, 5.74) is 0. The standard InChI is InChI=1S/C8H8ClF8NO/c9-1-2-18(3-4(10)11)6(19)5(7(12,13)14)8(15,16)17/h4-5H,1-3H2. The van der Waals surface area contributed by atoms with Gasteiger partial charge in [-0.1, -0.05) is 0 Å². The minimum absolute atomic E-state index is 0.247. The van der Waals surface area contributed by atoms with Gasteiger partial charge in [0.15, 0.2) is 0 Å². The van der Waals surface area contributed by atoms with Crippen molar-refractivity contribution < 1.29 is 39.9 Å². The Kier molecular flexibility index (Phi) is 6.30. The molecule has 0 rings (SSSR count). The molecule has 0 saturated carbocycles. The lowest BCUT2D eigenvalue weighted by Gasteiger charge is -2.28. The second-order valence-electron chi connectivity index (χ2n) is 3.38. The molecule has 1 amide bonds. The summed E-state index contributed by atoms with van der Waals surface area (Å²) in [7, 11) is 0. The number of hydrogen-bond acceptors (Lipinski definition) is 1. The van der Waals surface area contributed by atoms with E-state index in [9.17, 15) is 39.9 Å². The molecule has 19 heavy (non-hydrogen) atoms. The van der Waals surface area contributed by atoms with Crippen molar-refractivity contribution >= 4 is 17.5 Å². The molecule has 0 aromatic rings. The molecule has 0 radical (unpaired) electrons. The second-order valence-corrected chi connectivity index (χ2v) is 3.76. The SMILES string of the molecule is O=C(C(C(F)(F)F)C(F)(F)F)N(CCCl)CC(F)F. The van der Waals surface area contributed by atoms with Crippen LogP contribution in [0.15, 0.2) is 0 Å². The zero-order chi connectivity index (χ0) is 15.4. The third-order valence-electron chi connectivity index (χ3n) is 1.93. The number of amides is 1. The fourth-order valence-electron chi connectivity index (χ4n) is 1.21. The van der Waals surface area contributed by atoms with Gasteiger partial charge in [0.05, 0.1) is 6.54 Å². The second kappa shape index (κ2) is 6.58. The topological polar surface area (TPSA) is 20.3 Å². The normalized spacial score (nSPS) is 13.2. The summed E-state index contributed by atoms with van der Waals surface area (Å²) in [6.45, 7) is -2.39. The molecular weight excluding hydrogens is 314 g/mol. The zero-order valence-electron chi connectivity index (χ0n) is 9.03. The molecule has 0 atom stereocenters. The molecule has 0 unspecified atom stereocenters. The molecule has 0 N–H and O–H groups in total. The van der Waals surface area contributed by atoms with Gasteiger partial charge < -0.3 is 4.90 Å². The highest BCUT2D eigenvalue weighted by Gasteiger charge is 2.62. The highest BCUT2D eigenvalue weighted by Crippen LogP contribution is 2.40. The number of halogens is 9. The highest BCUT2D eigenvalue weighted by atomic mass is 35.5. The predicted octanol–water partition coefficient (Wildman–Crippen LogP) is 3.06. The zero-order valence-corrected chi connectivity index (χ0v) is 9.79. The van der Waals surface area contributed by atoms with E-state index in [0.29, 0.717) is 0 Å². The largest absolute Gasteiger partial charge is 0.409 e. The van der Waals surface area contributed by atoms with E-state index in [1.807, 2.05) is 0 Å². The van der Waals surface area contributed by atoms with Crippen LogP contribution in [0.25, 0.3) is 0 Å². The van der Waals surface area contributed by atoms with E-state index in [-0.39, 0.29) is 4.90 Å². The van der Waals surface area contributed by atoms with Gasteiger partial charge in [0.25, 0.3) is 6.43 Å². The van der Waals surface area contributed by atoms with Gasteiger partial charge in [-0.3, -0.25) is 4.79 Å². The van der Waals surface area contributed by atoms with Gasteiger partial charge in [-0.05, 0) is 0 Å². The molecule has 11 heteroatoms. The summed E-state index contributed by atoms with van der Waals surface area (Å²) in [6.07, 6.45) is -15.1. The maximum absolute atomic E-state index is 12.2. The van der Waals surface area contributed by atoms with Crippen molar-refractivity contribution in [1.82, 2.24) is 4.90 Å². The van der Waals surface area contributed by atoms with Gasteiger partial charge in [0.1, 0.15) is 0 Å². The molecule has 0 spiro atoms. The number of rotatable bonds is 5. The maximum atomic E-state index is 12.2. The summed E-state index contributed by atoms with van der Waals surface area (Å²) in [5.74, 6) is -7.39. The molecule has 0 saturated heterocycles. The smallest absolute Gasteiger partial charge is 0.335 e. The summed E-state index contributed by atoms with van der Waals surface area (Å²) >= 11 is 5.06. The van der Waals surface area contributed by atoms with E-state index >= 15 is 0 Å². The molecule has 0 aliphatic carbocycles. The van der Waals surface area contributed by atoms with Crippen LogP contribution in [-0.2, 0) is 4.79 Å². The summed E-state index contributed by atoms with van der Waals surface area (Å²) in [5, 5.41) is 0. The summed E-state index contributed by atoms with van der Waals surface area (Å²) < 4.78 is 97.4. The molecule has 0 heterocycles. The van der Waals surface area contributed by atoms with E-state index < -0.39 is 49.6 Å². The monoisotopic (exact) mass is 321 g/mol. The van der Waals surface area contributed by atoms with Gasteiger partial charge in [-0.15, -0.1) is 11.6 Å². The fraction of sp³-hybridized carbons (Fsp3) is 0.875. The van der Waals surface area contributed by atoms with E-state index in [4.69, 9.17) is 11.6 Å². The van der Waals surface area contributed by atoms with Gasteiger partial charge >= 0.3 is 12.4 Å².